The lowest BCUT2D eigenvalue weighted by atomic mass is 10.1. The van der Waals surface area contributed by atoms with Crippen molar-refractivity contribution in [2.45, 2.75) is 6.92 Å². The first-order valence-corrected chi connectivity index (χ1v) is 7.76. The van der Waals surface area contributed by atoms with Crippen molar-refractivity contribution in [3.8, 4) is 28.3 Å². The average Bonchev–Trinajstić information content (AvgIpc) is 2.62. The maximum absolute atomic E-state index is 10.4. The van der Waals surface area contributed by atoms with Gasteiger partial charge < -0.3 is 5.11 Å². The summed E-state index contributed by atoms with van der Waals surface area (Å²) in [6.45, 7) is 2.00. The van der Waals surface area contributed by atoms with Gasteiger partial charge in [-0.15, -0.1) is 0 Å². The first kappa shape index (κ1) is 14.3. The third-order valence-corrected chi connectivity index (χ3v) is 3.96. The Bertz CT molecular complexity index is 1020. The molecular weight excluding hydrogens is 298 g/mol. The Labute approximate surface area is 139 Å². The number of aromatic nitrogens is 3. The van der Waals surface area contributed by atoms with Gasteiger partial charge in [0.15, 0.2) is 6.20 Å². The summed E-state index contributed by atoms with van der Waals surface area (Å²) >= 11 is 0. The normalized spacial score (nSPS) is 10.9. The molecule has 0 fully saturated rings. The number of fused-ring (bicyclic) bond motifs is 1. The molecule has 4 heteroatoms. The maximum atomic E-state index is 10.4. The van der Waals surface area contributed by atoms with E-state index in [4.69, 9.17) is 0 Å². The molecule has 0 radical (unpaired) electrons. The van der Waals surface area contributed by atoms with Crippen LogP contribution >= 0.6 is 0 Å². The lowest BCUT2D eigenvalue weighted by Crippen LogP contribution is -2.29. The van der Waals surface area contributed by atoms with E-state index < -0.39 is 0 Å². The van der Waals surface area contributed by atoms with E-state index in [1.165, 1.54) is 0 Å². The van der Waals surface area contributed by atoms with Gasteiger partial charge in [-0.05, 0) is 18.0 Å². The summed E-state index contributed by atoms with van der Waals surface area (Å²) in [5, 5.41) is 15.0. The Balaban J connectivity index is 1.92. The van der Waals surface area contributed by atoms with E-state index in [0.717, 1.165) is 28.0 Å². The first-order chi connectivity index (χ1) is 11.7. The SMILES string of the molecule is Cc1cc(-c2ccccc2)n[n+]2cc(O)c(-c3ccccc3)nc12. The van der Waals surface area contributed by atoms with Crippen molar-refractivity contribution in [3.05, 3.63) is 78.5 Å². The molecule has 0 spiro atoms. The van der Waals surface area contributed by atoms with Gasteiger partial charge in [-0.25, -0.2) is 0 Å². The molecule has 0 aliphatic rings. The van der Waals surface area contributed by atoms with Crippen LogP contribution in [0.2, 0.25) is 0 Å². The summed E-state index contributed by atoms with van der Waals surface area (Å²) in [6.07, 6.45) is 1.62. The Hall–Kier alpha value is -3.27. The number of rotatable bonds is 2. The summed E-state index contributed by atoms with van der Waals surface area (Å²) in [7, 11) is 0. The van der Waals surface area contributed by atoms with Crippen LogP contribution in [0.1, 0.15) is 5.56 Å². The molecule has 0 atom stereocenters. The van der Waals surface area contributed by atoms with Crippen LogP contribution in [0.5, 0.6) is 5.75 Å². The van der Waals surface area contributed by atoms with Crippen molar-refractivity contribution in [1.82, 2.24) is 10.1 Å². The van der Waals surface area contributed by atoms with Crippen LogP contribution in [0.4, 0.5) is 0 Å². The molecule has 2 aromatic heterocycles. The second-order valence-electron chi connectivity index (χ2n) is 5.69. The predicted octanol–water partition coefficient (Wildman–Crippen LogP) is 3.56. The van der Waals surface area contributed by atoms with Crippen molar-refractivity contribution >= 4 is 5.65 Å². The molecule has 0 unspecified atom stereocenters. The van der Waals surface area contributed by atoms with E-state index in [2.05, 4.69) is 10.1 Å². The summed E-state index contributed by atoms with van der Waals surface area (Å²) < 4.78 is 1.64. The third kappa shape index (κ3) is 2.48. The zero-order valence-corrected chi connectivity index (χ0v) is 13.2. The number of hydrogen-bond donors (Lipinski definition) is 1. The highest BCUT2D eigenvalue weighted by Gasteiger charge is 2.20. The van der Waals surface area contributed by atoms with E-state index in [0.29, 0.717) is 5.69 Å². The Morgan fingerprint density at radius 3 is 2.17 bits per heavy atom. The molecule has 24 heavy (non-hydrogen) atoms. The van der Waals surface area contributed by atoms with E-state index in [1.807, 2.05) is 73.7 Å². The van der Waals surface area contributed by atoms with Gasteiger partial charge in [-0.2, -0.15) is 0 Å². The molecule has 4 nitrogen and oxygen atoms in total. The fraction of sp³-hybridized carbons (Fsp3) is 0.0500. The summed E-state index contributed by atoms with van der Waals surface area (Å²) in [5.41, 5.74) is 5.05. The van der Waals surface area contributed by atoms with Gasteiger partial charge in [0.2, 0.25) is 11.4 Å². The van der Waals surface area contributed by atoms with Crippen LogP contribution in [0.15, 0.2) is 72.9 Å². The molecule has 2 heterocycles. The molecule has 0 aliphatic carbocycles. The van der Waals surface area contributed by atoms with Gasteiger partial charge in [-0.1, -0.05) is 70.3 Å². The zero-order chi connectivity index (χ0) is 16.5. The highest BCUT2D eigenvalue weighted by Crippen LogP contribution is 2.26. The van der Waals surface area contributed by atoms with Gasteiger partial charge in [0.05, 0.1) is 0 Å². The minimum atomic E-state index is 0.107. The zero-order valence-electron chi connectivity index (χ0n) is 13.2. The van der Waals surface area contributed by atoms with E-state index in [9.17, 15) is 5.11 Å². The van der Waals surface area contributed by atoms with Gasteiger partial charge in [-0.3, -0.25) is 0 Å². The molecule has 2 aromatic carbocycles. The fourth-order valence-electron chi connectivity index (χ4n) is 2.77. The van der Waals surface area contributed by atoms with Crippen molar-refractivity contribution in [1.29, 1.82) is 0 Å². The molecule has 0 amide bonds. The second kappa shape index (κ2) is 5.74. The van der Waals surface area contributed by atoms with E-state index >= 15 is 0 Å². The molecule has 0 aliphatic heterocycles. The standard InChI is InChI=1S/C20H15N3O/c1-14-12-17(15-8-4-2-5-9-15)22-23-13-18(24)19(21-20(14)23)16-10-6-3-7-11-16/h2-13H,1H3/p+1. The largest absolute Gasteiger partial charge is 0.501 e. The lowest BCUT2D eigenvalue weighted by molar-refractivity contribution is -0.582. The summed E-state index contributed by atoms with van der Waals surface area (Å²) in [6, 6.07) is 21.6. The van der Waals surface area contributed by atoms with Crippen LogP contribution in [-0.2, 0) is 0 Å². The molecule has 0 saturated heterocycles. The second-order valence-corrected chi connectivity index (χ2v) is 5.69. The highest BCUT2D eigenvalue weighted by atomic mass is 16.3. The number of aromatic hydroxyl groups is 1. The monoisotopic (exact) mass is 314 g/mol. The summed E-state index contributed by atoms with van der Waals surface area (Å²) in [5.74, 6) is 0.107. The fourth-order valence-corrected chi connectivity index (χ4v) is 2.77. The molecule has 4 rings (SSSR count). The Morgan fingerprint density at radius 2 is 1.50 bits per heavy atom. The molecule has 4 aromatic rings. The number of nitrogens with zero attached hydrogens (tertiary/aromatic N) is 3. The predicted molar refractivity (Wildman–Crippen MR) is 92.5 cm³/mol. The van der Waals surface area contributed by atoms with Crippen molar-refractivity contribution in [2.75, 3.05) is 0 Å². The highest BCUT2D eigenvalue weighted by molar-refractivity contribution is 5.67. The lowest BCUT2D eigenvalue weighted by Gasteiger charge is -2.04. The van der Waals surface area contributed by atoms with Gasteiger partial charge >= 0.3 is 5.65 Å². The van der Waals surface area contributed by atoms with Crippen LogP contribution in [-0.4, -0.2) is 15.2 Å². The molecule has 1 N–H and O–H groups in total. The smallest absolute Gasteiger partial charge is 0.352 e. The molecule has 0 saturated carbocycles. The van der Waals surface area contributed by atoms with Gasteiger partial charge in [0.1, 0.15) is 5.69 Å². The van der Waals surface area contributed by atoms with Crippen LogP contribution < -0.4 is 4.52 Å². The molecular formula is C20H16N3O+. The first-order valence-electron chi connectivity index (χ1n) is 7.76. The Kier molecular flexibility index (Phi) is 3.43. The van der Waals surface area contributed by atoms with Crippen molar-refractivity contribution in [3.63, 3.8) is 0 Å². The van der Waals surface area contributed by atoms with Crippen LogP contribution in [0.25, 0.3) is 28.2 Å². The number of hydrogen-bond acceptors (Lipinski definition) is 3. The minimum absolute atomic E-state index is 0.107. The molecule has 116 valence electrons. The quantitative estimate of drug-likeness (QED) is 0.576. The summed E-state index contributed by atoms with van der Waals surface area (Å²) in [4.78, 5) is 4.63. The van der Waals surface area contributed by atoms with Crippen molar-refractivity contribution in [2.24, 2.45) is 0 Å². The minimum Gasteiger partial charge on any atom is -0.501 e. The van der Waals surface area contributed by atoms with Gasteiger partial charge in [0, 0.05) is 16.7 Å². The number of aryl methyl sites for hydroxylation is 1. The average molecular weight is 314 g/mol. The maximum Gasteiger partial charge on any atom is 0.352 e. The van der Waals surface area contributed by atoms with Gasteiger partial charge in [0.25, 0.3) is 0 Å². The third-order valence-electron chi connectivity index (χ3n) is 3.96. The number of benzene rings is 2. The van der Waals surface area contributed by atoms with Crippen molar-refractivity contribution < 1.29 is 9.62 Å². The Morgan fingerprint density at radius 1 is 0.875 bits per heavy atom. The van der Waals surface area contributed by atoms with E-state index in [1.54, 1.807) is 10.7 Å². The topological polar surface area (TPSA) is 50.1 Å². The van der Waals surface area contributed by atoms with Crippen LogP contribution in [0, 0.1) is 6.92 Å². The van der Waals surface area contributed by atoms with Crippen LogP contribution in [0.3, 0.4) is 0 Å². The van der Waals surface area contributed by atoms with E-state index in [-0.39, 0.29) is 5.75 Å². The molecule has 0 bridgehead atoms.